The summed E-state index contributed by atoms with van der Waals surface area (Å²) in [5.74, 6) is -0.714. The Hall–Kier alpha value is -1.14. The Kier molecular flexibility index (Phi) is 8.46. The Bertz CT molecular complexity index is 219. The van der Waals surface area contributed by atoms with Gasteiger partial charge < -0.3 is 19.5 Å². The van der Waals surface area contributed by atoms with Crippen molar-refractivity contribution in [3.05, 3.63) is 0 Å². The second-order valence-corrected chi connectivity index (χ2v) is 3.06. The molecule has 1 unspecified atom stereocenters. The maximum atomic E-state index is 11.0. The van der Waals surface area contributed by atoms with E-state index in [2.05, 4.69) is 14.8 Å². The minimum absolute atomic E-state index is 0.0673. The molecular formula is C10H19NO5. The third kappa shape index (κ3) is 7.19. The minimum atomic E-state index is -0.386. The van der Waals surface area contributed by atoms with E-state index >= 15 is 0 Å². The van der Waals surface area contributed by atoms with Crippen LogP contribution in [-0.4, -0.2) is 51.5 Å². The van der Waals surface area contributed by atoms with Crippen molar-refractivity contribution in [2.45, 2.75) is 19.9 Å². The zero-order valence-electron chi connectivity index (χ0n) is 9.95. The van der Waals surface area contributed by atoms with Gasteiger partial charge in [0.25, 0.3) is 0 Å². The molecule has 0 aliphatic heterocycles. The van der Waals surface area contributed by atoms with Gasteiger partial charge in [-0.1, -0.05) is 0 Å². The summed E-state index contributed by atoms with van der Waals surface area (Å²) in [7, 11) is 1.33. The molecule has 1 atom stereocenters. The highest BCUT2D eigenvalue weighted by Crippen LogP contribution is 1.85. The summed E-state index contributed by atoms with van der Waals surface area (Å²) in [5, 5.41) is 2.89. The molecule has 0 saturated heterocycles. The molecule has 0 bridgehead atoms. The van der Waals surface area contributed by atoms with Crippen molar-refractivity contribution in [1.82, 2.24) is 5.32 Å². The first kappa shape index (κ1) is 14.9. The zero-order valence-corrected chi connectivity index (χ0v) is 9.95. The Labute approximate surface area is 95.2 Å². The van der Waals surface area contributed by atoms with Crippen LogP contribution in [0.25, 0.3) is 0 Å². The number of esters is 2. The van der Waals surface area contributed by atoms with E-state index < -0.39 is 0 Å². The van der Waals surface area contributed by atoms with E-state index in [9.17, 15) is 9.59 Å². The summed E-state index contributed by atoms with van der Waals surface area (Å²) in [4.78, 5) is 21.8. The monoisotopic (exact) mass is 233 g/mol. The van der Waals surface area contributed by atoms with E-state index in [4.69, 9.17) is 4.74 Å². The van der Waals surface area contributed by atoms with E-state index in [1.165, 1.54) is 7.11 Å². The molecular weight excluding hydrogens is 214 g/mol. The molecule has 0 heterocycles. The summed E-state index contributed by atoms with van der Waals surface area (Å²) in [6.07, 6.45) is 0. The molecule has 16 heavy (non-hydrogen) atoms. The molecule has 0 amide bonds. The van der Waals surface area contributed by atoms with Crippen molar-refractivity contribution >= 4 is 11.9 Å². The summed E-state index contributed by atoms with van der Waals surface area (Å²) in [5.41, 5.74) is 0. The molecule has 0 rings (SSSR count). The highest BCUT2D eigenvalue weighted by atomic mass is 16.6. The number of ether oxygens (including phenoxy) is 3. The summed E-state index contributed by atoms with van der Waals surface area (Å²) < 4.78 is 14.2. The highest BCUT2D eigenvalue weighted by molar-refractivity contribution is 5.75. The first-order valence-corrected chi connectivity index (χ1v) is 5.16. The predicted octanol–water partition coefficient (Wildman–Crippen LogP) is -0.283. The number of carbonyl (C=O) groups is 2. The first-order valence-electron chi connectivity index (χ1n) is 5.16. The molecule has 6 heteroatoms. The second-order valence-electron chi connectivity index (χ2n) is 3.06. The van der Waals surface area contributed by atoms with Gasteiger partial charge in [-0.3, -0.25) is 4.79 Å². The Morgan fingerprint density at radius 2 is 2.06 bits per heavy atom. The van der Waals surface area contributed by atoms with Crippen LogP contribution in [-0.2, 0) is 23.8 Å². The molecule has 94 valence electrons. The van der Waals surface area contributed by atoms with Gasteiger partial charge in [0, 0.05) is 6.54 Å². The SMILES string of the molecule is CCOC(=O)COCCNC(C)C(=O)OC. The van der Waals surface area contributed by atoms with Crippen LogP contribution in [0.4, 0.5) is 0 Å². The fourth-order valence-corrected chi connectivity index (χ4v) is 0.966. The number of carbonyl (C=O) groups excluding carboxylic acids is 2. The third-order valence-electron chi connectivity index (χ3n) is 1.78. The van der Waals surface area contributed by atoms with Gasteiger partial charge in [0.15, 0.2) is 0 Å². The summed E-state index contributed by atoms with van der Waals surface area (Å²) >= 11 is 0. The lowest BCUT2D eigenvalue weighted by Gasteiger charge is -2.11. The predicted molar refractivity (Wildman–Crippen MR) is 56.9 cm³/mol. The van der Waals surface area contributed by atoms with Gasteiger partial charge in [-0.15, -0.1) is 0 Å². The Balaban J connectivity index is 3.40. The number of hydrogen-bond donors (Lipinski definition) is 1. The quantitative estimate of drug-likeness (QED) is 0.459. The number of rotatable bonds is 8. The molecule has 0 aliphatic rings. The van der Waals surface area contributed by atoms with Crippen LogP contribution >= 0.6 is 0 Å². The van der Waals surface area contributed by atoms with Crippen LogP contribution in [0.2, 0.25) is 0 Å². The molecule has 0 saturated carbocycles. The van der Waals surface area contributed by atoms with Gasteiger partial charge >= 0.3 is 11.9 Å². The second kappa shape index (κ2) is 9.11. The van der Waals surface area contributed by atoms with Crippen molar-refractivity contribution in [2.24, 2.45) is 0 Å². The average molecular weight is 233 g/mol. The van der Waals surface area contributed by atoms with E-state index in [0.717, 1.165) is 0 Å². The molecule has 0 aromatic rings. The molecule has 0 fully saturated rings. The smallest absolute Gasteiger partial charge is 0.332 e. The lowest BCUT2D eigenvalue weighted by Crippen LogP contribution is -2.37. The van der Waals surface area contributed by atoms with E-state index in [0.29, 0.717) is 19.8 Å². The largest absolute Gasteiger partial charge is 0.468 e. The average Bonchev–Trinajstić information content (AvgIpc) is 2.27. The fourth-order valence-electron chi connectivity index (χ4n) is 0.966. The zero-order chi connectivity index (χ0) is 12.4. The van der Waals surface area contributed by atoms with Crippen LogP contribution in [0.5, 0.6) is 0 Å². The first-order chi connectivity index (χ1) is 7.61. The van der Waals surface area contributed by atoms with Crippen molar-refractivity contribution in [3.8, 4) is 0 Å². The number of methoxy groups -OCH3 is 1. The van der Waals surface area contributed by atoms with Crippen LogP contribution in [0.1, 0.15) is 13.8 Å². The van der Waals surface area contributed by atoms with Crippen molar-refractivity contribution in [1.29, 1.82) is 0 Å². The van der Waals surface area contributed by atoms with E-state index in [-0.39, 0.29) is 24.6 Å². The summed E-state index contributed by atoms with van der Waals surface area (Å²) in [6.45, 7) is 4.51. The molecule has 6 nitrogen and oxygen atoms in total. The van der Waals surface area contributed by atoms with Gasteiger partial charge in [0.1, 0.15) is 12.6 Å². The molecule has 1 N–H and O–H groups in total. The maximum Gasteiger partial charge on any atom is 0.332 e. The van der Waals surface area contributed by atoms with Crippen molar-refractivity contribution in [2.75, 3.05) is 33.5 Å². The standard InChI is InChI=1S/C10H19NO5/c1-4-16-9(12)7-15-6-5-11-8(2)10(13)14-3/h8,11H,4-7H2,1-3H3. The van der Waals surface area contributed by atoms with Crippen LogP contribution < -0.4 is 5.32 Å². The molecule has 0 aliphatic carbocycles. The van der Waals surface area contributed by atoms with Crippen molar-refractivity contribution < 1.29 is 23.8 Å². The van der Waals surface area contributed by atoms with Gasteiger partial charge in [-0.25, -0.2) is 4.79 Å². The molecule has 0 aromatic carbocycles. The van der Waals surface area contributed by atoms with Crippen LogP contribution in [0, 0.1) is 0 Å². The normalized spacial score (nSPS) is 11.9. The minimum Gasteiger partial charge on any atom is -0.468 e. The maximum absolute atomic E-state index is 11.0. The molecule has 0 aromatic heterocycles. The van der Waals surface area contributed by atoms with Crippen molar-refractivity contribution in [3.63, 3.8) is 0 Å². The van der Waals surface area contributed by atoms with Crippen LogP contribution in [0.15, 0.2) is 0 Å². The molecule has 0 radical (unpaired) electrons. The lowest BCUT2D eigenvalue weighted by atomic mass is 10.3. The lowest BCUT2D eigenvalue weighted by molar-refractivity contribution is -0.148. The molecule has 0 spiro atoms. The van der Waals surface area contributed by atoms with E-state index in [1.807, 2.05) is 0 Å². The van der Waals surface area contributed by atoms with Gasteiger partial charge in [-0.2, -0.15) is 0 Å². The highest BCUT2D eigenvalue weighted by Gasteiger charge is 2.11. The van der Waals surface area contributed by atoms with Gasteiger partial charge in [0.2, 0.25) is 0 Å². The number of hydrogen-bond acceptors (Lipinski definition) is 6. The van der Waals surface area contributed by atoms with Crippen LogP contribution in [0.3, 0.4) is 0 Å². The van der Waals surface area contributed by atoms with Gasteiger partial charge in [0.05, 0.1) is 20.3 Å². The number of nitrogens with one attached hydrogen (secondary N) is 1. The summed E-state index contributed by atoms with van der Waals surface area (Å²) in [6, 6.07) is -0.379. The van der Waals surface area contributed by atoms with Gasteiger partial charge in [-0.05, 0) is 13.8 Å². The topological polar surface area (TPSA) is 73.9 Å². The Morgan fingerprint density at radius 3 is 2.62 bits per heavy atom. The fraction of sp³-hybridized carbons (Fsp3) is 0.800. The Morgan fingerprint density at radius 1 is 1.38 bits per heavy atom. The third-order valence-corrected chi connectivity index (χ3v) is 1.78. The van der Waals surface area contributed by atoms with E-state index in [1.54, 1.807) is 13.8 Å².